The minimum Gasteiger partial charge on any atom is -0.399 e. The van der Waals surface area contributed by atoms with Gasteiger partial charge in [0.2, 0.25) is 0 Å². The van der Waals surface area contributed by atoms with Gasteiger partial charge in [-0.3, -0.25) is 4.90 Å². The predicted molar refractivity (Wildman–Crippen MR) is 69.1 cm³/mol. The van der Waals surface area contributed by atoms with Gasteiger partial charge in [-0.1, -0.05) is 18.7 Å². The first kappa shape index (κ1) is 13.9. The van der Waals surface area contributed by atoms with Crippen LogP contribution in [0.2, 0.25) is 0 Å². The minimum atomic E-state index is -2.57. The molecule has 0 unspecified atom stereocenters. The molecule has 0 bridgehead atoms. The molecule has 2 N–H and O–H groups in total. The Labute approximate surface area is 110 Å². The quantitative estimate of drug-likeness (QED) is 0.915. The molecule has 1 aromatic carbocycles. The Kier molecular flexibility index (Phi) is 3.85. The summed E-state index contributed by atoms with van der Waals surface area (Å²) in [4.78, 5) is 1.84. The molecule has 2 rings (SSSR count). The van der Waals surface area contributed by atoms with Gasteiger partial charge in [-0.2, -0.15) is 0 Å². The van der Waals surface area contributed by atoms with E-state index in [4.69, 9.17) is 5.73 Å². The van der Waals surface area contributed by atoms with Crippen molar-refractivity contribution in [3.63, 3.8) is 0 Å². The van der Waals surface area contributed by atoms with Crippen LogP contribution in [0.15, 0.2) is 24.8 Å². The minimum absolute atomic E-state index is 0.160. The van der Waals surface area contributed by atoms with E-state index in [0.717, 1.165) is 0 Å². The van der Waals surface area contributed by atoms with Crippen LogP contribution >= 0.6 is 0 Å². The van der Waals surface area contributed by atoms with Crippen molar-refractivity contribution in [3.05, 3.63) is 41.7 Å². The zero-order chi connectivity index (χ0) is 14.0. The number of piperidine rings is 1. The summed E-state index contributed by atoms with van der Waals surface area (Å²) in [7, 11) is 0. The van der Waals surface area contributed by atoms with Gasteiger partial charge in [0, 0.05) is 43.7 Å². The lowest BCUT2D eigenvalue weighted by Crippen LogP contribution is -2.38. The molecule has 0 saturated carbocycles. The summed E-state index contributed by atoms with van der Waals surface area (Å²) in [6.07, 6.45) is -0.321. The van der Waals surface area contributed by atoms with Crippen molar-refractivity contribution in [3.8, 4) is 0 Å². The van der Waals surface area contributed by atoms with E-state index in [1.54, 1.807) is 12.1 Å². The fourth-order valence-corrected chi connectivity index (χ4v) is 2.15. The highest BCUT2D eigenvalue weighted by atomic mass is 19.3. The van der Waals surface area contributed by atoms with E-state index in [1.807, 2.05) is 4.90 Å². The fourth-order valence-electron chi connectivity index (χ4n) is 2.15. The molecule has 1 aliphatic heterocycles. The number of rotatable bonds is 3. The van der Waals surface area contributed by atoms with Crippen molar-refractivity contribution >= 4 is 5.70 Å². The third kappa shape index (κ3) is 3.50. The lowest BCUT2D eigenvalue weighted by Gasteiger charge is -2.31. The van der Waals surface area contributed by atoms with Crippen molar-refractivity contribution in [2.45, 2.75) is 25.3 Å². The van der Waals surface area contributed by atoms with Crippen molar-refractivity contribution < 1.29 is 13.2 Å². The lowest BCUT2D eigenvalue weighted by atomic mass is 10.0. The van der Waals surface area contributed by atoms with E-state index in [-0.39, 0.29) is 31.7 Å². The first-order valence-electron chi connectivity index (χ1n) is 6.21. The van der Waals surface area contributed by atoms with Gasteiger partial charge in [0.25, 0.3) is 5.92 Å². The smallest absolute Gasteiger partial charge is 0.250 e. The molecule has 19 heavy (non-hydrogen) atoms. The van der Waals surface area contributed by atoms with Crippen molar-refractivity contribution in [1.29, 1.82) is 0 Å². The van der Waals surface area contributed by atoms with Gasteiger partial charge in [0.05, 0.1) is 0 Å². The number of likely N-dealkylation sites (tertiary alicyclic amines) is 1. The molecule has 5 heteroatoms. The number of halogens is 3. The highest BCUT2D eigenvalue weighted by Crippen LogP contribution is 2.28. The van der Waals surface area contributed by atoms with Crippen LogP contribution in [-0.4, -0.2) is 23.9 Å². The largest absolute Gasteiger partial charge is 0.399 e. The third-order valence-electron chi connectivity index (χ3n) is 3.41. The molecule has 1 heterocycles. The summed E-state index contributed by atoms with van der Waals surface area (Å²) < 4.78 is 39.9. The molecular formula is C14H17F3N2. The summed E-state index contributed by atoms with van der Waals surface area (Å²) in [5, 5.41) is 0. The first-order chi connectivity index (χ1) is 8.87. The van der Waals surface area contributed by atoms with E-state index in [0.29, 0.717) is 23.4 Å². The van der Waals surface area contributed by atoms with E-state index in [2.05, 4.69) is 6.58 Å². The van der Waals surface area contributed by atoms with E-state index in [1.165, 1.54) is 6.07 Å². The number of hydrogen-bond donors (Lipinski definition) is 1. The predicted octanol–water partition coefficient (Wildman–Crippen LogP) is 2.99. The van der Waals surface area contributed by atoms with Crippen LogP contribution in [0.25, 0.3) is 5.70 Å². The molecule has 0 radical (unpaired) electrons. The molecule has 1 aromatic rings. The Morgan fingerprint density at radius 2 is 1.95 bits per heavy atom. The Balaban J connectivity index is 2.02. The lowest BCUT2D eigenvalue weighted by molar-refractivity contribution is -0.0567. The number of benzene rings is 1. The van der Waals surface area contributed by atoms with Gasteiger partial charge in [-0.05, 0) is 11.6 Å². The highest BCUT2D eigenvalue weighted by molar-refractivity contribution is 5.60. The maximum absolute atomic E-state index is 13.8. The van der Waals surface area contributed by atoms with Gasteiger partial charge >= 0.3 is 0 Å². The molecule has 1 fully saturated rings. The maximum Gasteiger partial charge on any atom is 0.250 e. The summed E-state index contributed by atoms with van der Waals surface area (Å²) in [6.45, 7) is 4.47. The maximum atomic E-state index is 13.8. The molecule has 2 nitrogen and oxygen atoms in total. The van der Waals surface area contributed by atoms with Crippen molar-refractivity contribution in [2.24, 2.45) is 5.73 Å². The molecule has 104 valence electrons. The van der Waals surface area contributed by atoms with Crippen molar-refractivity contribution in [1.82, 2.24) is 4.90 Å². The van der Waals surface area contributed by atoms with Crippen molar-refractivity contribution in [2.75, 3.05) is 13.1 Å². The van der Waals surface area contributed by atoms with Gasteiger partial charge in [0.15, 0.2) is 0 Å². The second kappa shape index (κ2) is 5.25. The van der Waals surface area contributed by atoms with Crippen LogP contribution in [-0.2, 0) is 6.54 Å². The zero-order valence-electron chi connectivity index (χ0n) is 10.6. The number of alkyl halides is 2. The molecular weight excluding hydrogens is 253 g/mol. The Morgan fingerprint density at radius 1 is 1.32 bits per heavy atom. The SMILES string of the molecule is C=C(N)c1ccc(CN2CCC(F)(F)CC2)c(F)c1. The molecule has 0 aromatic heterocycles. The number of hydrogen-bond acceptors (Lipinski definition) is 2. The zero-order valence-corrected chi connectivity index (χ0v) is 10.6. The highest BCUT2D eigenvalue weighted by Gasteiger charge is 2.33. The van der Waals surface area contributed by atoms with Crippen LogP contribution in [0, 0.1) is 5.82 Å². The molecule has 1 aliphatic rings. The van der Waals surface area contributed by atoms with Gasteiger partial charge in [0.1, 0.15) is 5.82 Å². The Morgan fingerprint density at radius 3 is 2.47 bits per heavy atom. The summed E-state index contributed by atoms with van der Waals surface area (Å²) in [6, 6.07) is 4.66. The van der Waals surface area contributed by atoms with Crippen LogP contribution in [0.3, 0.4) is 0 Å². The summed E-state index contributed by atoms with van der Waals surface area (Å²) >= 11 is 0. The summed E-state index contributed by atoms with van der Waals surface area (Å²) in [5.41, 5.74) is 6.84. The first-order valence-corrected chi connectivity index (χ1v) is 6.21. The monoisotopic (exact) mass is 270 g/mol. The van der Waals surface area contributed by atoms with Crippen LogP contribution in [0.1, 0.15) is 24.0 Å². The van der Waals surface area contributed by atoms with Crippen LogP contribution in [0.4, 0.5) is 13.2 Å². The van der Waals surface area contributed by atoms with Gasteiger partial charge in [-0.25, -0.2) is 13.2 Å². The van der Waals surface area contributed by atoms with Gasteiger partial charge < -0.3 is 5.73 Å². The van der Waals surface area contributed by atoms with E-state index >= 15 is 0 Å². The average Bonchev–Trinajstić information content (AvgIpc) is 2.34. The Hall–Kier alpha value is -1.49. The fraction of sp³-hybridized carbons (Fsp3) is 0.429. The summed E-state index contributed by atoms with van der Waals surface area (Å²) in [5.74, 6) is -2.95. The molecule has 1 saturated heterocycles. The molecule has 0 spiro atoms. The second-order valence-corrected chi connectivity index (χ2v) is 4.96. The molecule has 0 amide bonds. The standard InChI is InChI=1S/C14H17F3N2/c1-10(18)11-2-3-12(13(15)8-11)9-19-6-4-14(16,17)5-7-19/h2-3,8H,1,4-7,9,18H2. The molecule has 0 atom stereocenters. The van der Waals surface area contributed by atoms with E-state index < -0.39 is 5.92 Å². The van der Waals surface area contributed by atoms with E-state index in [9.17, 15) is 13.2 Å². The topological polar surface area (TPSA) is 29.3 Å². The molecule has 0 aliphatic carbocycles. The van der Waals surface area contributed by atoms with Crippen LogP contribution < -0.4 is 5.73 Å². The second-order valence-electron chi connectivity index (χ2n) is 4.96. The Bertz CT molecular complexity index is 476. The number of nitrogens with two attached hydrogens (primary N) is 1. The normalized spacial score (nSPS) is 19.3. The number of nitrogens with zero attached hydrogens (tertiary/aromatic N) is 1. The van der Waals surface area contributed by atoms with Crippen LogP contribution in [0.5, 0.6) is 0 Å². The third-order valence-corrected chi connectivity index (χ3v) is 3.41. The average molecular weight is 270 g/mol. The van der Waals surface area contributed by atoms with Gasteiger partial charge in [-0.15, -0.1) is 0 Å².